The predicted molar refractivity (Wildman–Crippen MR) is 56.4 cm³/mol. The van der Waals surface area contributed by atoms with E-state index >= 15 is 0 Å². The van der Waals surface area contributed by atoms with Gasteiger partial charge in [-0.2, -0.15) is 5.21 Å². The summed E-state index contributed by atoms with van der Waals surface area (Å²) in [4.78, 5) is 0. The Morgan fingerprint density at radius 1 is 1.56 bits per heavy atom. The van der Waals surface area contributed by atoms with Gasteiger partial charge in [0.25, 0.3) is 0 Å². The molecule has 0 radical (unpaired) electrons. The first-order valence-electron chi connectivity index (χ1n) is 4.86. The minimum absolute atomic E-state index is 0.204. The quantitative estimate of drug-likeness (QED) is 0.620. The second kappa shape index (κ2) is 4.73. The Morgan fingerprint density at radius 2 is 2.38 bits per heavy atom. The Kier molecular flexibility index (Phi) is 3.13. The topological polar surface area (TPSA) is 55.6 Å². The van der Waals surface area contributed by atoms with Crippen LogP contribution >= 0.6 is 0 Å². The summed E-state index contributed by atoms with van der Waals surface area (Å²) in [5, 5.41) is 11.2. The highest BCUT2D eigenvalue weighted by Gasteiger charge is 2.23. The summed E-state index contributed by atoms with van der Waals surface area (Å²) in [5.74, 6) is 1.22. The average molecular weight is 222 g/mol. The van der Waals surface area contributed by atoms with Crippen LogP contribution in [0.3, 0.4) is 0 Å². The molecule has 1 N–H and O–H groups in total. The predicted octanol–water partition coefficient (Wildman–Crippen LogP) is 1.54. The molecule has 1 heterocycles. The maximum Gasteiger partial charge on any atom is 0.388 e. The normalized spacial score (nSPS) is 17.2. The van der Waals surface area contributed by atoms with Gasteiger partial charge in [0.2, 0.25) is 5.01 Å². The Hall–Kier alpha value is -1.93. The largest absolute Gasteiger partial charge is 0.493 e. The van der Waals surface area contributed by atoms with Gasteiger partial charge in [-0.1, -0.05) is 0 Å². The van der Waals surface area contributed by atoms with E-state index in [4.69, 9.17) is 19.4 Å². The van der Waals surface area contributed by atoms with Crippen molar-refractivity contribution >= 4 is 0 Å². The van der Waals surface area contributed by atoms with Crippen LogP contribution in [0.2, 0.25) is 0 Å². The molecule has 0 amide bonds. The summed E-state index contributed by atoms with van der Waals surface area (Å²) in [6, 6.07) is 7.56. The third-order valence-corrected chi connectivity index (χ3v) is 2.17. The molecule has 1 fully saturated rings. The number of hydrogen-bond acceptors (Lipinski definition) is 4. The smallest absolute Gasteiger partial charge is 0.388 e. The van der Waals surface area contributed by atoms with E-state index in [9.17, 15) is 0 Å². The highest BCUT2D eigenvalue weighted by atomic mass is 16.6. The van der Waals surface area contributed by atoms with Crippen LogP contribution in [0.4, 0.5) is 0 Å². The van der Waals surface area contributed by atoms with Crippen molar-refractivity contribution in [1.29, 1.82) is 0 Å². The van der Waals surface area contributed by atoms with Crippen LogP contribution in [0, 0.1) is 6.07 Å². The number of epoxide rings is 1. The van der Waals surface area contributed by atoms with Gasteiger partial charge in [0, 0.05) is 6.07 Å². The molecular formula is C11H12NO4+. The van der Waals surface area contributed by atoms with Gasteiger partial charge in [0.05, 0.1) is 13.7 Å². The van der Waals surface area contributed by atoms with Gasteiger partial charge in [0.15, 0.2) is 11.5 Å². The zero-order valence-corrected chi connectivity index (χ0v) is 8.84. The molecule has 1 saturated heterocycles. The first-order valence-corrected chi connectivity index (χ1v) is 4.86. The standard InChI is InChI=1S/C11H11NO4/c1-14-11-4-8(5-12-13)2-3-10(11)16-7-9-6-15-9/h2-4,9H,6-7H2,1H3/p+1. The maximum atomic E-state index is 8.36. The first kappa shape index (κ1) is 10.6. The van der Waals surface area contributed by atoms with Crippen LogP contribution in [0.25, 0.3) is 5.01 Å². The van der Waals surface area contributed by atoms with Crippen molar-refractivity contribution in [2.45, 2.75) is 6.10 Å². The Labute approximate surface area is 92.9 Å². The molecule has 16 heavy (non-hydrogen) atoms. The van der Waals surface area contributed by atoms with Gasteiger partial charge in [-0.25, -0.2) is 0 Å². The Balaban J connectivity index is 2.11. The fraction of sp³-hybridized carbons (Fsp3) is 0.364. The first-order chi connectivity index (χ1) is 7.83. The molecule has 1 aliphatic heterocycles. The highest BCUT2D eigenvalue weighted by Crippen LogP contribution is 2.28. The van der Waals surface area contributed by atoms with Crippen molar-refractivity contribution in [3.63, 3.8) is 0 Å². The van der Waals surface area contributed by atoms with Gasteiger partial charge >= 0.3 is 6.07 Å². The molecule has 0 aromatic heterocycles. The number of hydrogen-bond donors (Lipinski definition) is 1. The van der Waals surface area contributed by atoms with E-state index in [0.29, 0.717) is 23.7 Å². The highest BCUT2D eigenvalue weighted by molar-refractivity contribution is 5.47. The third kappa shape index (κ3) is 2.55. The Bertz CT molecular complexity index is 431. The van der Waals surface area contributed by atoms with E-state index in [2.05, 4.69) is 11.1 Å². The molecule has 0 saturated carbocycles. The van der Waals surface area contributed by atoms with Gasteiger partial charge in [0.1, 0.15) is 18.3 Å². The average Bonchev–Trinajstić information content (AvgIpc) is 3.11. The fourth-order valence-electron chi connectivity index (χ4n) is 1.26. The van der Waals surface area contributed by atoms with Crippen LogP contribution < -0.4 is 9.47 Å². The minimum atomic E-state index is 0.204. The van der Waals surface area contributed by atoms with Crippen molar-refractivity contribution in [3.8, 4) is 17.6 Å². The Morgan fingerprint density at radius 3 is 3.00 bits per heavy atom. The molecule has 5 heteroatoms. The summed E-state index contributed by atoms with van der Waals surface area (Å²) in [5.41, 5.74) is 0.620. The molecule has 84 valence electrons. The zero-order chi connectivity index (χ0) is 11.4. The maximum absolute atomic E-state index is 8.36. The lowest BCUT2D eigenvalue weighted by atomic mass is 10.2. The molecule has 0 bridgehead atoms. The molecule has 1 aromatic carbocycles. The van der Waals surface area contributed by atoms with Gasteiger partial charge in [-0.05, 0) is 12.1 Å². The monoisotopic (exact) mass is 222 g/mol. The van der Waals surface area contributed by atoms with Crippen molar-refractivity contribution in [3.05, 3.63) is 28.8 Å². The van der Waals surface area contributed by atoms with Crippen LogP contribution in [0.1, 0.15) is 5.56 Å². The summed E-state index contributed by atoms with van der Waals surface area (Å²) in [6.45, 7) is 1.28. The summed E-state index contributed by atoms with van der Waals surface area (Å²) < 4.78 is 15.7. The molecule has 1 aliphatic rings. The number of methoxy groups -OCH3 is 1. The van der Waals surface area contributed by atoms with Crippen LogP contribution in [-0.4, -0.2) is 31.6 Å². The molecule has 1 aromatic rings. The van der Waals surface area contributed by atoms with Crippen molar-refractivity contribution < 1.29 is 19.4 Å². The summed E-state index contributed by atoms with van der Waals surface area (Å²) >= 11 is 0. The second-order valence-electron chi connectivity index (χ2n) is 3.34. The van der Waals surface area contributed by atoms with E-state index in [1.54, 1.807) is 25.3 Å². The molecule has 5 nitrogen and oxygen atoms in total. The lowest BCUT2D eigenvalue weighted by molar-refractivity contribution is 0.252. The molecule has 1 atom stereocenters. The molecule has 1 unspecified atom stereocenters. The SMILES string of the molecule is COc1cc(C#[N+]O)ccc1OCC1CO1. The summed E-state index contributed by atoms with van der Waals surface area (Å²) in [6.07, 6.45) is 0.204. The lowest BCUT2D eigenvalue weighted by Gasteiger charge is -2.08. The van der Waals surface area contributed by atoms with Gasteiger partial charge in [-0.15, -0.1) is 0 Å². The van der Waals surface area contributed by atoms with Gasteiger partial charge in [-0.3, -0.25) is 0 Å². The number of rotatable bonds is 4. The van der Waals surface area contributed by atoms with E-state index < -0.39 is 0 Å². The number of ether oxygens (including phenoxy) is 3. The molecule has 0 spiro atoms. The van der Waals surface area contributed by atoms with Crippen molar-refractivity contribution in [1.82, 2.24) is 0 Å². The number of benzene rings is 1. The summed E-state index contributed by atoms with van der Waals surface area (Å²) in [7, 11) is 1.55. The number of nitrogens with zero attached hydrogens (tertiary/aromatic N) is 1. The van der Waals surface area contributed by atoms with E-state index in [1.807, 2.05) is 0 Å². The molecule has 2 rings (SSSR count). The zero-order valence-electron chi connectivity index (χ0n) is 8.84. The third-order valence-electron chi connectivity index (χ3n) is 2.17. The fourth-order valence-corrected chi connectivity index (χ4v) is 1.26. The van der Waals surface area contributed by atoms with E-state index in [0.717, 1.165) is 6.61 Å². The van der Waals surface area contributed by atoms with Crippen LogP contribution in [0.15, 0.2) is 18.2 Å². The second-order valence-corrected chi connectivity index (χ2v) is 3.34. The minimum Gasteiger partial charge on any atom is -0.493 e. The van der Waals surface area contributed by atoms with E-state index in [-0.39, 0.29) is 6.10 Å². The van der Waals surface area contributed by atoms with Crippen molar-refractivity contribution in [2.24, 2.45) is 0 Å². The van der Waals surface area contributed by atoms with E-state index in [1.165, 1.54) is 0 Å². The van der Waals surface area contributed by atoms with Crippen LogP contribution in [0.5, 0.6) is 11.5 Å². The van der Waals surface area contributed by atoms with Gasteiger partial charge < -0.3 is 14.2 Å². The lowest BCUT2D eigenvalue weighted by Crippen LogP contribution is -2.05. The molecular weight excluding hydrogens is 210 g/mol. The van der Waals surface area contributed by atoms with Crippen LogP contribution in [-0.2, 0) is 4.74 Å². The van der Waals surface area contributed by atoms with Crippen molar-refractivity contribution in [2.75, 3.05) is 20.3 Å². The molecule has 0 aliphatic carbocycles.